The molecule has 1 aliphatic heterocycles. The first kappa shape index (κ1) is 15.3. The van der Waals surface area contributed by atoms with Gasteiger partial charge in [0, 0.05) is 26.4 Å². The Morgan fingerprint density at radius 2 is 1.79 bits per heavy atom. The third-order valence-corrected chi connectivity index (χ3v) is 5.08. The highest BCUT2D eigenvalue weighted by molar-refractivity contribution is 4.98. The van der Waals surface area contributed by atoms with Crippen LogP contribution in [0.4, 0.5) is 0 Å². The first-order valence-corrected chi connectivity index (χ1v) is 8.18. The van der Waals surface area contributed by atoms with E-state index < -0.39 is 0 Å². The lowest BCUT2D eigenvalue weighted by Gasteiger charge is -2.45. The quantitative estimate of drug-likeness (QED) is 0.778. The zero-order chi connectivity index (χ0) is 13.6. The van der Waals surface area contributed by atoms with Gasteiger partial charge < -0.3 is 14.8 Å². The Hall–Kier alpha value is -0.120. The van der Waals surface area contributed by atoms with Crippen LogP contribution in [0.1, 0.15) is 58.3 Å². The maximum atomic E-state index is 6.12. The van der Waals surface area contributed by atoms with E-state index in [9.17, 15) is 0 Å². The summed E-state index contributed by atoms with van der Waals surface area (Å²) >= 11 is 0. The second-order valence-electron chi connectivity index (χ2n) is 6.17. The second-order valence-corrected chi connectivity index (χ2v) is 6.17. The molecule has 0 radical (unpaired) electrons. The molecule has 1 heterocycles. The van der Waals surface area contributed by atoms with Crippen molar-refractivity contribution in [2.24, 2.45) is 5.92 Å². The fourth-order valence-corrected chi connectivity index (χ4v) is 4.02. The minimum absolute atomic E-state index is 0.0640. The van der Waals surface area contributed by atoms with Crippen molar-refractivity contribution < 1.29 is 9.47 Å². The second kappa shape index (κ2) is 7.61. The van der Waals surface area contributed by atoms with Crippen molar-refractivity contribution >= 4 is 0 Å². The molecule has 0 aromatic heterocycles. The number of ether oxygens (including phenoxy) is 2. The zero-order valence-electron chi connectivity index (χ0n) is 12.7. The highest BCUT2D eigenvalue weighted by Crippen LogP contribution is 2.38. The molecule has 2 fully saturated rings. The normalized spacial score (nSPS) is 26.8. The predicted molar refractivity (Wildman–Crippen MR) is 78.4 cm³/mol. The number of likely N-dealkylation sites (N-methyl/N-ethyl adjacent to an activating group) is 1. The summed E-state index contributed by atoms with van der Waals surface area (Å²) in [4.78, 5) is 0. The Labute approximate surface area is 118 Å². The summed E-state index contributed by atoms with van der Waals surface area (Å²) in [5, 5.41) is 3.76. The lowest BCUT2D eigenvalue weighted by Crippen LogP contribution is -2.56. The molecule has 2 rings (SSSR count). The van der Waals surface area contributed by atoms with Crippen LogP contribution >= 0.6 is 0 Å². The largest absolute Gasteiger partial charge is 0.381 e. The van der Waals surface area contributed by atoms with Gasteiger partial charge in [0.2, 0.25) is 0 Å². The van der Waals surface area contributed by atoms with E-state index in [-0.39, 0.29) is 5.60 Å². The van der Waals surface area contributed by atoms with Gasteiger partial charge in [0.05, 0.1) is 5.60 Å². The van der Waals surface area contributed by atoms with E-state index >= 15 is 0 Å². The van der Waals surface area contributed by atoms with Crippen molar-refractivity contribution in [2.45, 2.75) is 69.9 Å². The molecule has 0 aromatic rings. The molecule has 1 saturated heterocycles. The highest BCUT2D eigenvalue weighted by atomic mass is 16.5. The highest BCUT2D eigenvalue weighted by Gasteiger charge is 2.43. The van der Waals surface area contributed by atoms with Gasteiger partial charge in [-0.3, -0.25) is 0 Å². The molecule has 19 heavy (non-hydrogen) atoms. The minimum Gasteiger partial charge on any atom is -0.381 e. The molecule has 112 valence electrons. The van der Waals surface area contributed by atoms with Crippen LogP contribution in [-0.2, 0) is 9.47 Å². The first-order chi connectivity index (χ1) is 9.32. The van der Waals surface area contributed by atoms with Crippen LogP contribution in [0.3, 0.4) is 0 Å². The number of nitrogens with one attached hydrogen (secondary N) is 1. The predicted octanol–water partition coefficient (Wildman–Crippen LogP) is 3.13. The molecule has 0 spiro atoms. The van der Waals surface area contributed by atoms with Crippen LogP contribution in [0, 0.1) is 5.92 Å². The van der Waals surface area contributed by atoms with Gasteiger partial charge in [-0.1, -0.05) is 32.6 Å². The molecule has 2 aliphatic rings. The molecule has 1 N–H and O–H groups in total. The Morgan fingerprint density at radius 1 is 1.16 bits per heavy atom. The van der Waals surface area contributed by atoms with E-state index in [4.69, 9.17) is 9.47 Å². The van der Waals surface area contributed by atoms with Crippen molar-refractivity contribution in [3.8, 4) is 0 Å². The summed E-state index contributed by atoms with van der Waals surface area (Å²) in [5.41, 5.74) is 0.0640. The molecular formula is C16H31NO2. The number of hydrogen-bond acceptors (Lipinski definition) is 3. The fraction of sp³-hybridized carbons (Fsp3) is 1.00. The summed E-state index contributed by atoms with van der Waals surface area (Å²) in [6, 6.07) is 0.504. The Kier molecular flexibility index (Phi) is 6.11. The third-order valence-electron chi connectivity index (χ3n) is 5.08. The molecule has 1 unspecified atom stereocenters. The van der Waals surface area contributed by atoms with Crippen LogP contribution < -0.4 is 5.32 Å². The smallest absolute Gasteiger partial charge is 0.0833 e. The van der Waals surface area contributed by atoms with Gasteiger partial charge in [0.1, 0.15) is 0 Å². The molecule has 0 amide bonds. The third kappa shape index (κ3) is 3.71. The van der Waals surface area contributed by atoms with E-state index in [1.807, 2.05) is 7.11 Å². The van der Waals surface area contributed by atoms with E-state index in [0.717, 1.165) is 19.8 Å². The Bertz CT molecular complexity index is 243. The van der Waals surface area contributed by atoms with Crippen molar-refractivity contribution in [1.29, 1.82) is 0 Å². The van der Waals surface area contributed by atoms with E-state index in [0.29, 0.717) is 12.0 Å². The molecule has 1 aliphatic carbocycles. The summed E-state index contributed by atoms with van der Waals surface area (Å²) in [5.74, 6) is 0.715. The van der Waals surface area contributed by atoms with Crippen LogP contribution in [0.15, 0.2) is 0 Å². The van der Waals surface area contributed by atoms with Crippen LogP contribution in [0.2, 0.25) is 0 Å². The van der Waals surface area contributed by atoms with Crippen molar-refractivity contribution in [2.75, 3.05) is 26.9 Å². The van der Waals surface area contributed by atoms with Gasteiger partial charge in [-0.15, -0.1) is 0 Å². The van der Waals surface area contributed by atoms with E-state index in [2.05, 4.69) is 12.2 Å². The zero-order valence-corrected chi connectivity index (χ0v) is 12.7. The number of rotatable bonds is 5. The van der Waals surface area contributed by atoms with E-state index in [1.54, 1.807) is 0 Å². The molecule has 3 heteroatoms. The van der Waals surface area contributed by atoms with Gasteiger partial charge in [0.25, 0.3) is 0 Å². The monoisotopic (exact) mass is 269 g/mol. The number of methoxy groups -OCH3 is 1. The average Bonchev–Trinajstić information content (AvgIpc) is 2.72. The molecule has 1 atom stereocenters. The summed E-state index contributed by atoms with van der Waals surface area (Å²) in [7, 11) is 1.93. The van der Waals surface area contributed by atoms with Gasteiger partial charge in [0.15, 0.2) is 0 Å². The van der Waals surface area contributed by atoms with E-state index in [1.165, 1.54) is 51.4 Å². The van der Waals surface area contributed by atoms with Crippen molar-refractivity contribution in [3.05, 3.63) is 0 Å². The standard InChI is InChI=1S/C16H31NO2/c1-3-17-15(14-8-12-19-13-9-14)16(18-2)10-6-4-5-7-11-16/h14-15,17H,3-13H2,1-2H3. The summed E-state index contributed by atoms with van der Waals surface area (Å²) < 4.78 is 11.7. The van der Waals surface area contributed by atoms with Gasteiger partial charge >= 0.3 is 0 Å². The maximum Gasteiger partial charge on any atom is 0.0833 e. The van der Waals surface area contributed by atoms with Crippen LogP contribution in [-0.4, -0.2) is 38.5 Å². The Balaban J connectivity index is 2.12. The SMILES string of the molecule is CCNC(C1CCOCC1)C1(OC)CCCCCC1. The van der Waals surface area contributed by atoms with Gasteiger partial charge in [-0.2, -0.15) is 0 Å². The summed E-state index contributed by atoms with van der Waals surface area (Å²) in [6.45, 7) is 5.10. The molecular weight excluding hydrogens is 238 g/mol. The molecule has 0 aromatic carbocycles. The number of hydrogen-bond donors (Lipinski definition) is 1. The summed E-state index contributed by atoms with van der Waals surface area (Å²) in [6.07, 6.45) is 10.2. The van der Waals surface area contributed by atoms with Crippen molar-refractivity contribution in [1.82, 2.24) is 5.32 Å². The van der Waals surface area contributed by atoms with Gasteiger partial charge in [-0.05, 0) is 38.1 Å². The molecule has 3 nitrogen and oxygen atoms in total. The fourth-order valence-electron chi connectivity index (χ4n) is 4.02. The topological polar surface area (TPSA) is 30.5 Å². The maximum absolute atomic E-state index is 6.12. The average molecular weight is 269 g/mol. The molecule has 0 bridgehead atoms. The van der Waals surface area contributed by atoms with Gasteiger partial charge in [-0.25, -0.2) is 0 Å². The molecule has 1 saturated carbocycles. The lowest BCUT2D eigenvalue weighted by molar-refractivity contribution is -0.0811. The Morgan fingerprint density at radius 3 is 2.32 bits per heavy atom. The van der Waals surface area contributed by atoms with Crippen LogP contribution in [0.5, 0.6) is 0 Å². The van der Waals surface area contributed by atoms with Crippen molar-refractivity contribution in [3.63, 3.8) is 0 Å². The minimum atomic E-state index is 0.0640. The first-order valence-electron chi connectivity index (χ1n) is 8.18. The lowest BCUT2D eigenvalue weighted by atomic mass is 9.76. The van der Waals surface area contributed by atoms with Crippen LogP contribution in [0.25, 0.3) is 0 Å².